The van der Waals surface area contributed by atoms with Gasteiger partial charge in [-0.25, -0.2) is 0 Å². The lowest BCUT2D eigenvalue weighted by atomic mass is 9.99. The average Bonchev–Trinajstić information content (AvgIpc) is 3.06. The lowest BCUT2D eigenvalue weighted by molar-refractivity contribution is -0.121. The first-order valence-corrected chi connectivity index (χ1v) is 7.74. The van der Waals surface area contributed by atoms with Crippen LogP contribution in [-0.4, -0.2) is 10.9 Å². The lowest BCUT2D eigenvalue weighted by Crippen LogP contribution is -2.28. The molecule has 0 radical (unpaired) electrons. The van der Waals surface area contributed by atoms with Crippen molar-refractivity contribution < 1.29 is 9.21 Å². The molecule has 118 valence electrons. The molecule has 1 unspecified atom stereocenters. The smallest absolute Gasteiger partial charge is 0.225 e. The van der Waals surface area contributed by atoms with Gasteiger partial charge >= 0.3 is 0 Å². The molecular weight excluding hydrogens is 288 g/mol. The SMILES string of the molecule is Cc1nc2ccccc2c(C)c1CC(=O)NC(C)c1ccco1. The van der Waals surface area contributed by atoms with E-state index in [0.717, 1.165) is 33.5 Å². The van der Waals surface area contributed by atoms with E-state index in [1.165, 1.54) is 0 Å². The Hall–Kier alpha value is -2.62. The number of fused-ring (bicyclic) bond motifs is 1. The van der Waals surface area contributed by atoms with Crippen LogP contribution in [-0.2, 0) is 11.2 Å². The molecule has 0 spiro atoms. The number of furan rings is 1. The monoisotopic (exact) mass is 308 g/mol. The minimum absolute atomic E-state index is 0.0304. The largest absolute Gasteiger partial charge is 0.467 e. The fourth-order valence-corrected chi connectivity index (χ4v) is 2.89. The average molecular weight is 308 g/mol. The zero-order valence-electron chi connectivity index (χ0n) is 13.6. The van der Waals surface area contributed by atoms with Crippen LogP contribution < -0.4 is 5.32 Å². The number of benzene rings is 1. The van der Waals surface area contributed by atoms with Gasteiger partial charge in [0, 0.05) is 11.1 Å². The molecule has 0 saturated heterocycles. The van der Waals surface area contributed by atoms with Gasteiger partial charge in [-0.3, -0.25) is 9.78 Å². The van der Waals surface area contributed by atoms with E-state index < -0.39 is 0 Å². The predicted molar refractivity (Wildman–Crippen MR) is 90.2 cm³/mol. The van der Waals surface area contributed by atoms with Crippen LogP contribution in [0.1, 0.15) is 35.5 Å². The topological polar surface area (TPSA) is 55.1 Å². The Morgan fingerprint density at radius 2 is 2.00 bits per heavy atom. The van der Waals surface area contributed by atoms with Gasteiger partial charge in [-0.1, -0.05) is 18.2 Å². The molecule has 0 bridgehead atoms. The number of rotatable bonds is 4. The van der Waals surface area contributed by atoms with E-state index in [1.54, 1.807) is 6.26 Å². The van der Waals surface area contributed by atoms with E-state index in [9.17, 15) is 4.79 Å². The summed E-state index contributed by atoms with van der Waals surface area (Å²) in [6.07, 6.45) is 1.93. The molecule has 0 aliphatic rings. The maximum absolute atomic E-state index is 12.4. The number of nitrogens with zero attached hydrogens (tertiary/aromatic N) is 1. The van der Waals surface area contributed by atoms with Crippen LogP contribution in [0.3, 0.4) is 0 Å². The summed E-state index contributed by atoms with van der Waals surface area (Å²) in [5.74, 6) is 0.723. The number of aryl methyl sites for hydroxylation is 2. The van der Waals surface area contributed by atoms with Gasteiger partial charge in [-0.2, -0.15) is 0 Å². The summed E-state index contributed by atoms with van der Waals surface area (Å²) in [5, 5.41) is 4.07. The van der Waals surface area contributed by atoms with Gasteiger partial charge in [0.15, 0.2) is 0 Å². The third-order valence-corrected chi connectivity index (χ3v) is 4.17. The highest BCUT2D eigenvalue weighted by molar-refractivity contribution is 5.86. The van der Waals surface area contributed by atoms with Gasteiger partial charge < -0.3 is 9.73 Å². The third kappa shape index (κ3) is 3.11. The van der Waals surface area contributed by atoms with Crippen LogP contribution in [0, 0.1) is 13.8 Å². The van der Waals surface area contributed by atoms with E-state index in [-0.39, 0.29) is 11.9 Å². The summed E-state index contributed by atoms with van der Waals surface area (Å²) >= 11 is 0. The molecule has 23 heavy (non-hydrogen) atoms. The highest BCUT2D eigenvalue weighted by atomic mass is 16.3. The molecule has 2 aromatic heterocycles. The maximum atomic E-state index is 12.4. The van der Waals surface area contributed by atoms with E-state index in [4.69, 9.17) is 4.42 Å². The van der Waals surface area contributed by atoms with Gasteiger partial charge in [0.1, 0.15) is 5.76 Å². The molecule has 1 amide bonds. The van der Waals surface area contributed by atoms with Crippen LogP contribution in [0.15, 0.2) is 47.1 Å². The Balaban J connectivity index is 1.82. The zero-order chi connectivity index (χ0) is 16.4. The van der Waals surface area contributed by atoms with Crippen molar-refractivity contribution in [2.45, 2.75) is 33.2 Å². The highest BCUT2D eigenvalue weighted by Gasteiger charge is 2.16. The van der Waals surface area contributed by atoms with Crippen molar-refractivity contribution in [3.8, 4) is 0 Å². The number of carbonyl (C=O) groups excluding carboxylic acids is 1. The predicted octanol–water partition coefficient (Wildman–Crippen LogP) is 3.86. The van der Waals surface area contributed by atoms with E-state index in [2.05, 4.69) is 17.2 Å². The second kappa shape index (κ2) is 6.24. The molecule has 2 heterocycles. The zero-order valence-corrected chi connectivity index (χ0v) is 13.6. The fraction of sp³-hybridized carbons (Fsp3) is 0.263. The molecule has 3 aromatic rings. The summed E-state index contributed by atoms with van der Waals surface area (Å²) < 4.78 is 5.32. The van der Waals surface area contributed by atoms with Gasteiger partial charge in [-0.05, 0) is 50.1 Å². The lowest BCUT2D eigenvalue weighted by Gasteiger charge is -2.15. The summed E-state index contributed by atoms with van der Waals surface area (Å²) in [7, 11) is 0. The number of hydrogen-bond acceptors (Lipinski definition) is 3. The van der Waals surface area contributed by atoms with Gasteiger partial charge in [-0.15, -0.1) is 0 Å². The molecule has 0 aliphatic carbocycles. The number of amides is 1. The number of hydrogen-bond donors (Lipinski definition) is 1. The molecule has 4 nitrogen and oxygen atoms in total. The first-order valence-electron chi connectivity index (χ1n) is 7.74. The highest BCUT2D eigenvalue weighted by Crippen LogP contribution is 2.23. The van der Waals surface area contributed by atoms with Crippen LogP contribution >= 0.6 is 0 Å². The van der Waals surface area contributed by atoms with Gasteiger partial charge in [0.25, 0.3) is 0 Å². The van der Waals surface area contributed by atoms with Crippen molar-refractivity contribution in [3.05, 3.63) is 65.2 Å². The Morgan fingerprint density at radius 1 is 1.22 bits per heavy atom. The Bertz CT molecular complexity index is 838. The quantitative estimate of drug-likeness (QED) is 0.796. The van der Waals surface area contributed by atoms with E-state index >= 15 is 0 Å². The second-order valence-electron chi connectivity index (χ2n) is 5.80. The second-order valence-corrected chi connectivity index (χ2v) is 5.80. The summed E-state index contributed by atoms with van der Waals surface area (Å²) in [6, 6.07) is 11.5. The van der Waals surface area contributed by atoms with Crippen molar-refractivity contribution in [1.82, 2.24) is 10.3 Å². The molecule has 4 heteroatoms. The van der Waals surface area contributed by atoms with Crippen molar-refractivity contribution in [2.24, 2.45) is 0 Å². The molecule has 1 atom stereocenters. The molecule has 0 aliphatic heterocycles. The number of para-hydroxylation sites is 1. The van der Waals surface area contributed by atoms with Crippen molar-refractivity contribution in [2.75, 3.05) is 0 Å². The molecule has 3 rings (SSSR count). The summed E-state index contributed by atoms with van der Waals surface area (Å²) in [4.78, 5) is 17.0. The van der Waals surface area contributed by atoms with Crippen molar-refractivity contribution >= 4 is 16.8 Å². The molecule has 0 fully saturated rings. The number of nitrogens with one attached hydrogen (secondary N) is 1. The first kappa shape index (κ1) is 15.3. The Labute approximate surface area is 135 Å². The first-order chi connectivity index (χ1) is 11.1. The molecule has 1 aromatic carbocycles. The van der Waals surface area contributed by atoms with Crippen LogP contribution in [0.2, 0.25) is 0 Å². The number of carbonyl (C=O) groups is 1. The molecule has 1 N–H and O–H groups in total. The van der Waals surface area contributed by atoms with Gasteiger partial charge in [0.2, 0.25) is 5.91 Å². The molecule has 0 saturated carbocycles. The Morgan fingerprint density at radius 3 is 2.74 bits per heavy atom. The van der Waals surface area contributed by atoms with Crippen LogP contribution in [0.25, 0.3) is 10.9 Å². The molecular formula is C19H20N2O2. The minimum Gasteiger partial charge on any atom is -0.467 e. The van der Waals surface area contributed by atoms with Crippen LogP contribution in [0.4, 0.5) is 0 Å². The van der Waals surface area contributed by atoms with Crippen molar-refractivity contribution in [3.63, 3.8) is 0 Å². The normalized spacial score (nSPS) is 12.3. The van der Waals surface area contributed by atoms with Crippen LogP contribution in [0.5, 0.6) is 0 Å². The summed E-state index contributed by atoms with van der Waals surface area (Å²) in [5.41, 5.74) is 3.99. The fourth-order valence-electron chi connectivity index (χ4n) is 2.89. The third-order valence-electron chi connectivity index (χ3n) is 4.17. The maximum Gasteiger partial charge on any atom is 0.225 e. The summed E-state index contributed by atoms with van der Waals surface area (Å²) in [6.45, 7) is 5.92. The van der Waals surface area contributed by atoms with Gasteiger partial charge in [0.05, 0.1) is 24.2 Å². The Kier molecular flexibility index (Phi) is 4.15. The van der Waals surface area contributed by atoms with Crippen molar-refractivity contribution in [1.29, 1.82) is 0 Å². The number of aromatic nitrogens is 1. The number of pyridine rings is 1. The standard InChI is InChI=1S/C19H20N2O2/c1-12-15-7-4-5-8-17(15)20-13(2)16(12)11-19(22)21-14(3)18-9-6-10-23-18/h4-10,14H,11H2,1-3H3,(H,21,22). The van der Waals surface area contributed by atoms with E-state index in [0.29, 0.717) is 6.42 Å². The van der Waals surface area contributed by atoms with E-state index in [1.807, 2.05) is 50.2 Å². The minimum atomic E-state index is -0.147.